The molecule has 3 fully saturated rings. The monoisotopic (exact) mass is 478 g/mol. The van der Waals surface area contributed by atoms with Crippen LogP contribution in [0, 0.1) is 17.6 Å². The van der Waals surface area contributed by atoms with E-state index in [-0.39, 0.29) is 17.5 Å². The summed E-state index contributed by atoms with van der Waals surface area (Å²) in [5.41, 5.74) is -0.111. The molecule has 0 aromatic heterocycles. The van der Waals surface area contributed by atoms with E-state index in [1.165, 1.54) is 6.07 Å². The van der Waals surface area contributed by atoms with Gasteiger partial charge in [0.1, 0.15) is 11.6 Å². The average Bonchev–Trinajstić information content (AvgIpc) is 3.37. The van der Waals surface area contributed by atoms with Crippen LogP contribution in [0.15, 0.2) is 18.2 Å². The van der Waals surface area contributed by atoms with E-state index in [4.69, 9.17) is 4.74 Å². The van der Waals surface area contributed by atoms with Gasteiger partial charge in [-0.15, -0.1) is 0 Å². The number of halogens is 2. The van der Waals surface area contributed by atoms with E-state index in [9.17, 15) is 18.4 Å². The van der Waals surface area contributed by atoms with Gasteiger partial charge in [-0.1, -0.05) is 12.8 Å². The molecule has 3 aliphatic rings. The SMILES string of the molecule is O=C(NCCCN1CCOCC1)C(C1CCCC1)N1CCN(C(=O)c2ccc(F)cc2F)CC1. The Morgan fingerprint density at radius 1 is 1.03 bits per heavy atom. The van der Waals surface area contributed by atoms with Crippen LogP contribution >= 0.6 is 0 Å². The number of morpholine rings is 1. The quantitative estimate of drug-likeness (QED) is 0.580. The Hall–Kier alpha value is -2.10. The summed E-state index contributed by atoms with van der Waals surface area (Å²) in [6, 6.07) is 2.85. The number of rotatable bonds is 8. The first-order valence-corrected chi connectivity index (χ1v) is 12.6. The number of carbonyl (C=O) groups is 2. The molecule has 7 nitrogen and oxygen atoms in total. The van der Waals surface area contributed by atoms with E-state index in [2.05, 4.69) is 15.1 Å². The number of carbonyl (C=O) groups excluding carboxylic acids is 2. The zero-order chi connectivity index (χ0) is 23.9. The first-order valence-electron chi connectivity index (χ1n) is 12.6. The molecule has 1 aliphatic carbocycles. The first-order chi connectivity index (χ1) is 16.5. The third kappa shape index (κ3) is 6.31. The fourth-order valence-electron chi connectivity index (χ4n) is 5.43. The summed E-state index contributed by atoms with van der Waals surface area (Å²) in [5, 5.41) is 3.16. The standard InChI is InChI=1S/C25H36F2N4O3/c26-20-6-7-21(22(27)18-20)25(33)31-12-10-30(11-13-31)23(19-4-1-2-5-19)24(32)28-8-3-9-29-14-16-34-17-15-29/h6-7,18-19,23H,1-5,8-17H2,(H,28,32). The van der Waals surface area contributed by atoms with Crippen LogP contribution in [0.3, 0.4) is 0 Å². The highest BCUT2D eigenvalue weighted by atomic mass is 19.1. The van der Waals surface area contributed by atoms with E-state index >= 15 is 0 Å². The average molecular weight is 479 g/mol. The first kappa shape index (κ1) is 25.0. The largest absolute Gasteiger partial charge is 0.379 e. The maximum atomic E-state index is 14.1. The molecule has 2 aliphatic heterocycles. The molecular formula is C25H36F2N4O3. The summed E-state index contributed by atoms with van der Waals surface area (Å²) in [6.07, 6.45) is 5.30. The van der Waals surface area contributed by atoms with Gasteiger partial charge >= 0.3 is 0 Å². The van der Waals surface area contributed by atoms with Crippen molar-refractivity contribution in [1.29, 1.82) is 0 Å². The van der Waals surface area contributed by atoms with E-state index in [1.54, 1.807) is 4.90 Å². The van der Waals surface area contributed by atoms with Crippen molar-refractivity contribution in [1.82, 2.24) is 20.0 Å². The molecule has 188 valence electrons. The van der Waals surface area contributed by atoms with Crippen molar-refractivity contribution in [2.45, 2.75) is 38.1 Å². The van der Waals surface area contributed by atoms with Gasteiger partial charge in [0.15, 0.2) is 0 Å². The maximum absolute atomic E-state index is 14.1. The lowest BCUT2D eigenvalue weighted by molar-refractivity contribution is -0.129. The summed E-state index contributed by atoms with van der Waals surface area (Å²) in [7, 11) is 0. The second-order valence-electron chi connectivity index (χ2n) is 9.54. The Balaban J connectivity index is 1.30. The number of piperazine rings is 1. The van der Waals surface area contributed by atoms with Crippen molar-refractivity contribution in [2.75, 3.05) is 65.6 Å². The smallest absolute Gasteiger partial charge is 0.256 e. The van der Waals surface area contributed by atoms with Crippen molar-refractivity contribution in [3.05, 3.63) is 35.4 Å². The molecule has 1 atom stereocenters. The molecule has 1 aromatic carbocycles. The lowest BCUT2D eigenvalue weighted by atomic mass is 9.95. The molecule has 2 amide bonds. The normalized spacial score (nSPS) is 21.5. The fraction of sp³-hybridized carbons (Fsp3) is 0.680. The number of nitrogens with zero attached hydrogens (tertiary/aromatic N) is 3. The molecule has 0 bridgehead atoms. The number of amides is 2. The maximum Gasteiger partial charge on any atom is 0.256 e. The summed E-state index contributed by atoms with van der Waals surface area (Å²) in [4.78, 5) is 32.2. The third-order valence-corrected chi connectivity index (χ3v) is 7.33. The molecule has 34 heavy (non-hydrogen) atoms. The summed E-state index contributed by atoms with van der Waals surface area (Å²) in [5.74, 6) is -1.56. The Bertz CT molecular complexity index is 835. The van der Waals surface area contributed by atoms with Gasteiger partial charge in [-0.25, -0.2) is 8.78 Å². The second kappa shape index (κ2) is 12.0. The third-order valence-electron chi connectivity index (χ3n) is 7.33. The molecule has 9 heteroatoms. The van der Waals surface area contributed by atoms with Crippen molar-refractivity contribution in [3.63, 3.8) is 0 Å². The summed E-state index contributed by atoms with van der Waals surface area (Å²) >= 11 is 0. The van der Waals surface area contributed by atoms with Gasteiger partial charge in [0.2, 0.25) is 5.91 Å². The van der Waals surface area contributed by atoms with Gasteiger partial charge < -0.3 is 15.0 Å². The number of ether oxygens (including phenoxy) is 1. The highest BCUT2D eigenvalue weighted by molar-refractivity contribution is 5.94. The molecule has 2 heterocycles. The van der Waals surface area contributed by atoms with Gasteiger partial charge in [0.05, 0.1) is 24.8 Å². The molecule has 0 radical (unpaired) electrons. The number of hydrogen-bond acceptors (Lipinski definition) is 5. The second-order valence-corrected chi connectivity index (χ2v) is 9.54. The van der Waals surface area contributed by atoms with Gasteiger partial charge in [0, 0.05) is 51.9 Å². The minimum Gasteiger partial charge on any atom is -0.379 e. The molecule has 1 N–H and O–H groups in total. The number of nitrogens with one attached hydrogen (secondary N) is 1. The molecule has 1 saturated carbocycles. The van der Waals surface area contributed by atoms with Crippen molar-refractivity contribution >= 4 is 11.8 Å². The van der Waals surface area contributed by atoms with E-state index < -0.39 is 17.5 Å². The van der Waals surface area contributed by atoms with Crippen LogP contribution in [0.1, 0.15) is 42.5 Å². The Morgan fingerprint density at radius 2 is 1.74 bits per heavy atom. The Kier molecular flexibility index (Phi) is 8.86. The molecule has 1 unspecified atom stereocenters. The topological polar surface area (TPSA) is 65.1 Å². The molecule has 4 rings (SSSR count). The van der Waals surface area contributed by atoms with Crippen molar-refractivity contribution < 1.29 is 23.1 Å². The lowest BCUT2D eigenvalue weighted by Crippen LogP contribution is -2.58. The summed E-state index contributed by atoms with van der Waals surface area (Å²) in [6.45, 7) is 7.03. The minimum atomic E-state index is -0.840. The van der Waals surface area contributed by atoms with Gasteiger partial charge in [-0.05, 0) is 43.9 Å². The van der Waals surface area contributed by atoms with Crippen LogP contribution in [0.5, 0.6) is 0 Å². The lowest BCUT2D eigenvalue weighted by Gasteiger charge is -2.40. The highest BCUT2D eigenvalue weighted by Gasteiger charge is 2.37. The van der Waals surface area contributed by atoms with E-state index in [1.807, 2.05) is 0 Å². The predicted molar refractivity (Wildman–Crippen MR) is 124 cm³/mol. The molecule has 0 spiro atoms. The van der Waals surface area contributed by atoms with Gasteiger partial charge in [0.25, 0.3) is 5.91 Å². The summed E-state index contributed by atoms with van der Waals surface area (Å²) < 4.78 is 32.7. The minimum absolute atomic E-state index is 0.0817. The fourth-order valence-corrected chi connectivity index (χ4v) is 5.43. The van der Waals surface area contributed by atoms with Crippen LogP contribution in [-0.4, -0.2) is 98.1 Å². The molecular weight excluding hydrogens is 442 g/mol. The number of benzene rings is 1. The zero-order valence-corrected chi connectivity index (χ0v) is 19.8. The van der Waals surface area contributed by atoms with E-state index in [0.29, 0.717) is 38.6 Å². The molecule has 2 saturated heterocycles. The Labute approximate surface area is 200 Å². The zero-order valence-electron chi connectivity index (χ0n) is 19.8. The van der Waals surface area contributed by atoms with Crippen LogP contribution in [-0.2, 0) is 9.53 Å². The van der Waals surface area contributed by atoms with Crippen LogP contribution in [0.2, 0.25) is 0 Å². The van der Waals surface area contributed by atoms with Crippen LogP contribution < -0.4 is 5.32 Å². The number of hydrogen-bond donors (Lipinski definition) is 1. The predicted octanol–water partition coefficient (Wildman–Crippen LogP) is 2.12. The highest BCUT2D eigenvalue weighted by Crippen LogP contribution is 2.31. The van der Waals surface area contributed by atoms with Gasteiger partial charge in [-0.3, -0.25) is 19.4 Å². The van der Waals surface area contributed by atoms with E-state index in [0.717, 1.165) is 77.1 Å². The van der Waals surface area contributed by atoms with Crippen molar-refractivity contribution in [2.24, 2.45) is 5.92 Å². The Morgan fingerprint density at radius 3 is 2.41 bits per heavy atom. The molecule has 1 aromatic rings. The van der Waals surface area contributed by atoms with Crippen LogP contribution in [0.25, 0.3) is 0 Å². The van der Waals surface area contributed by atoms with Crippen molar-refractivity contribution in [3.8, 4) is 0 Å². The van der Waals surface area contributed by atoms with Crippen LogP contribution in [0.4, 0.5) is 8.78 Å². The van der Waals surface area contributed by atoms with Gasteiger partial charge in [-0.2, -0.15) is 0 Å².